The quantitative estimate of drug-likeness (QED) is 0.729. The molecule has 0 bridgehead atoms. The topological polar surface area (TPSA) is 26.3 Å². The Labute approximate surface area is 131 Å². The summed E-state index contributed by atoms with van der Waals surface area (Å²) in [4.78, 5) is 12.6. The number of halogens is 2. The van der Waals surface area contributed by atoms with Gasteiger partial charge in [0, 0.05) is 15.6 Å². The van der Waals surface area contributed by atoms with Crippen LogP contribution in [0.2, 0.25) is 5.02 Å². The molecule has 0 aromatic heterocycles. The van der Waals surface area contributed by atoms with Crippen molar-refractivity contribution >= 4 is 33.3 Å². The molecule has 0 atom stereocenters. The first-order valence-electron chi connectivity index (χ1n) is 6.09. The highest BCUT2D eigenvalue weighted by Gasteiger charge is 2.15. The molecule has 2 aromatic rings. The van der Waals surface area contributed by atoms with Crippen LogP contribution in [-0.2, 0) is 0 Å². The molecule has 0 unspecified atom stereocenters. The molecule has 0 saturated heterocycles. The van der Waals surface area contributed by atoms with E-state index in [0.717, 1.165) is 21.3 Å². The Morgan fingerprint density at radius 1 is 1.15 bits per heavy atom. The fraction of sp³-hybridized carbons (Fsp3) is 0.188. The molecular weight excluding hydrogens is 340 g/mol. The molecule has 0 spiro atoms. The third-order valence-electron chi connectivity index (χ3n) is 3.17. The van der Waals surface area contributed by atoms with Crippen molar-refractivity contribution in [3.63, 3.8) is 0 Å². The predicted octanol–water partition coefficient (Wildman–Crippen LogP) is 4.96. The average Bonchev–Trinajstić information content (AvgIpc) is 2.43. The molecule has 20 heavy (non-hydrogen) atoms. The van der Waals surface area contributed by atoms with Gasteiger partial charge >= 0.3 is 0 Å². The van der Waals surface area contributed by atoms with Crippen molar-refractivity contribution in [3.8, 4) is 5.75 Å². The van der Waals surface area contributed by atoms with Crippen molar-refractivity contribution in [2.75, 3.05) is 7.11 Å². The summed E-state index contributed by atoms with van der Waals surface area (Å²) in [5.74, 6) is 0.746. The lowest BCUT2D eigenvalue weighted by Gasteiger charge is -2.11. The van der Waals surface area contributed by atoms with Gasteiger partial charge in [-0.05, 0) is 71.2 Å². The van der Waals surface area contributed by atoms with Gasteiger partial charge in [-0.2, -0.15) is 0 Å². The van der Waals surface area contributed by atoms with Crippen molar-refractivity contribution in [2.24, 2.45) is 0 Å². The van der Waals surface area contributed by atoms with Crippen LogP contribution < -0.4 is 4.74 Å². The molecule has 2 rings (SSSR count). The largest absolute Gasteiger partial charge is 0.496 e. The SMILES string of the molecule is COc1cc(C)c(C(=O)c2ccc(Br)c(Cl)c2)cc1C. The van der Waals surface area contributed by atoms with Gasteiger partial charge in [-0.25, -0.2) is 0 Å². The van der Waals surface area contributed by atoms with E-state index in [1.807, 2.05) is 26.0 Å². The fourth-order valence-electron chi connectivity index (χ4n) is 2.05. The third-order valence-corrected chi connectivity index (χ3v) is 4.40. The van der Waals surface area contributed by atoms with E-state index in [-0.39, 0.29) is 5.78 Å². The minimum Gasteiger partial charge on any atom is -0.496 e. The first-order valence-corrected chi connectivity index (χ1v) is 7.26. The van der Waals surface area contributed by atoms with Crippen LogP contribution in [0.5, 0.6) is 5.75 Å². The van der Waals surface area contributed by atoms with Crippen molar-refractivity contribution in [3.05, 3.63) is 62.1 Å². The zero-order chi connectivity index (χ0) is 14.9. The zero-order valence-corrected chi connectivity index (χ0v) is 13.8. The van der Waals surface area contributed by atoms with Crippen LogP contribution in [0.3, 0.4) is 0 Å². The molecule has 104 valence electrons. The maximum absolute atomic E-state index is 12.6. The second-order valence-electron chi connectivity index (χ2n) is 4.59. The molecule has 2 nitrogen and oxygen atoms in total. The molecule has 0 amide bonds. The van der Waals surface area contributed by atoms with Crippen LogP contribution in [0, 0.1) is 13.8 Å². The molecule has 0 aliphatic carbocycles. The van der Waals surface area contributed by atoms with E-state index in [1.54, 1.807) is 25.3 Å². The zero-order valence-electron chi connectivity index (χ0n) is 11.5. The fourth-order valence-corrected chi connectivity index (χ4v) is 2.47. The second-order valence-corrected chi connectivity index (χ2v) is 5.86. The number of ketones is 1. The first kappa shape index (κ1) is 15.1. The smallest absolute Gasteiger partial charge is 0.193 e. The van der Waals surface area contributed by atoms with E-state index in [9.17, 15) is 4.79 Å². The monoisotopic (exact) mass is 352 g/mol. The normalized spacial score (nSPS) is 10.4. The van der Waals surface area contributed by atoms with Crippen LogP contribution in [0.4, 0.5) is 0 Å². The van der Waals surface area contributed by atoms with Gasteiger partial charge in [-0.3, -0.25) is 4.79 Å². The summed E-state index contributed by atoms with van der Waals surface area (Å²) < 4.78 is 6.04. The van der Waals surface area contributed by atoms with E-state index < -0.39 is 0 Å². The maximum atomic E-state index is 12.6. The number of carbonyl (C=O) groups is 1. The average molecular weight is 354 g/mol. The molecule has 0 heterocycles. The van der Waals surface area contributed by atoms with Gasteiger partial charge in [0.05, 0.1) is 12.1 Å². The number of hydrogen-bond acceptors (Lipinski definition) is 2. The van der Waals surface area contributed by atoms with E-state index >= 15 is 0 Å². The molecule has 2 aromatic carbocycles. The Kier molecular flexibility index (Phi) is 4.51. The van der Waals surface area contributed by atoms with Gasteiger partial charge in [0.25, 0.3) is 0 Å². The van der Waals surface area contributed by atoms with Crippen molar-refractivity contribution in [1.29, 1.82) is 0 Å². The second kappa shape index (κ2) is 5.98. The highest BCUT2D eigenvalue weighted by molar-refractivity contribution is 9.10. The molecule has 0 N–H and O–H groups in total. The molecule has 0 aliphatic heterocycles. The highest BCUT2D eigenvalue weighted by atomic mass is 79.9. The first-order chi connectivity index (χ1) is 9.43. The van der Waals surface area contributed by atoms with E-state index in [0.29, 0.717) is 16.1 Å². The van der Waals surface area contributed by atoms with Crippen molar-refractivity contribution in [1.82, 2.24) is 0 Å². The Bertz CT molecular complexity index is 680. The van der Waals surface area contributed by atoms with Crippen molar-refractivity contribution in [2.45, 2.75) is 13.8 Å². The molecule has 0 radical (unpaired) electrons. The lowest BCUT2D eigenvalue weighted by atomic mass is 9.97. The van der Waals surface area contributed by atoms with Crippen LogP contribution in [0.1, 0.15) is 27.0 Å². The lowest BCUT2D eigenvalue weighted by molar-refractivity contribution is 0.103. The summed E-state index contributed by atoms with van der Waals surface area (Å²) in [7, 11) is 1.62. The van der Waals surface area contributed by atoms with Gasteiger partial charge in [0.15, 0.2) is 5.78 Å². The molecule has 0 saturated carbocycles. The number of aryl methyl sites for hydroxylation is 2. The number of hydrogen-bond donors (Lipinski definition) is 0. The van der Waals surface area contributed by atoms with Crippen molar-refractivity contribution < 1.29 is 9.53 Å². The minimum atomic E-state index is -0.0392. The van der Waals surface area contributed by atoms with Crippen LogP contribution in [-0.4, -0.2) is 12.9 Å². The number of ether oxygens (including phenoxy) is 1. The number of benzene rings is 2. The summed E-state index contributed by atoms with van der Waals surface area (Å²) in [6, 6.07) is 8.95. The number of rotatable bonds is 3. The molecule has 0 fully saturated rings. The Morgan fingerprint density at radius 3 is 2.45 bits per heavy atom. The van der Waals surface area contributed by atoms with Gasteiger partial charge in [-0.15, -0.1) is 0 Å². The van der Waals surface area contributed by atoms with Crippen LogP contribution >= 0.6 is 27.5 Å². The lowest BCUT2D eigenvalue weighted by Crippen LogP contribution is -2.05. The Balaban J connectivity index is 2.48. The van der Waals surface area contributed by atoms with Gasteiger partial charge in [0.1, 0.15) is 5.75 Å². The van der Waals surface area contributed by atoms with Gasteiger partial charge in [-0.1, -0.05) is 11.6 Å². The van der Waals surface area contributed by atoms with E-state index in [4.69, 9.17) is 16.3 Å². The van der Waals surface area contributed by atoms with Gasteiger partial charge in [0.2, 0.25) is 0 Å². The van der Waals surface area contributed by atoms with E-state index in [2.05, 4.69) is 15.9 Å². The third kappa shape index (κ3) is 2.89. The molecular formula is C16H14BrClO2. The number of carbonyl (C=O) groups excluding carboxylic acids is 1. The van der Waals surface area contributed by atoms with Gasteiger partial charge < -0.3 is 4.74 Å². The summed E-state index contributed by atoms with van der Waals surface area (Å²) in [6.45, 7) is 3.82. The summed E-state index contributed by atoms with van der Waals surface area (Å²) in [6.07, 6.45) is 0. The minimum absolute atomic E-state index is 0.0392. The highest BCUT2D eigenvalue weighted by Crippen LogP contribution is 2.27. The summed E-state index contributed by atoms with van der Waals surface area (Å²) >= 11 is 9.36. The Hall–Kier alpha value is -1.32. The molecule has 0 aliphatic rings. The van der Waals surface area contributed by atoms with Crippen LogP contribution in [0.25, 0.3) is 0 Å². The van der Waals surface area contributed by atoms with Crippen LogP contribution in [0.15, 0.2) is 34.8 Å². The standard InChI is InChI=1S/C16H14BrClO2/c1-9-7-15(20-3)10(2)6-12(9)16(19)11-4-5-13(17)14(18)8-11/h4-8H,1-3H3. The Morgan fingerprint density at radius 2 is 1.85 bits per heavy atom. The number of methoxy groups -OCH3 is 1. The maximum Gasteiger partial charge on any atom is 0.193 e. The van der Waals surface area contributed by atoms with E-state index in [1.165, 1.54) is 0 Å². The summed E-state index contributed by atoms with van der Waals surface area (Å²) in [5.41, 5.74) is 3.06. The predicted molar refractivity (Wildman–Crippen MR) is 85.1 cm³/mol. The summed E-state index contributed by atoms with van der Waals surface area (Å²) in [5, 5.41) is 0.527. The molecule has 4 heteroatoms.